The lowest BCUT2D eigenvalue weighted by molar-refractivity contribution is 0.0692. The van der Waals surface area contributed by atoms with Crippen LogP contribution in [-0.4, -0.2) is 46.5 Å². The van der Waals surface area contributed by atoms with Crippen LogP contribution in [0.4, 0.5) is 5.69 Å². The molecule has 3 aromatic rings. The predicted octanol–water partition coefficient (Wildman–Crippen LogP) is 3.88. The van der Waals surface area contributed by atoms with Gasteiger partial charge in [0.2, 0.25) is 0 Å². The van der Waals surface area contributed by atoms with Gasteiger partial charge in [0.1, 0.15) is 5.75 Å². The van der Waals surface area contributed by atoms with Crippen LogP contribution in [0.1, 0.15) is 79.6 Å². The molecule has 0 saturated heterocycles. The van der Waals surface area contributed by atoms with Crippen LogP contribution in [0.3, 0.4) is 0 Å². The van der Waals surface area contributed by atoms with Crippen LogP contribution in [0.25, 0.3) is 0 Å². The Morgan fingerprint density at radius 3 is 1.69 bits per heavy atom. The average Bonchev–Trinajstić information content (AvgIpc) is 3.25. The molecule has 1 N–H and O–H groups in total. The fourth-order valence-corrected chi connectivity index (χ4v) is 4.90. The molecule has 4 amide bonds. The molecule has 8 heteroatoms. The first-order chi connectivity index (χ1) is 17.0. The molecule has 8 nitrogen and oxygen atoms in total. The van der Waals surface area contributed by atoms with Gasteiger partial charge in [-0.25, -0.2) is 4.90 Å². The highest BCUT2D eigenvalue weighted by atomic mass is 16.3. The lowest BCUT2D eigenvalue weighted by Gasteiger charge is -2.23. The second kappa shape index (κ2) is 7.71. The zero-order valence-corrected chi connectivity index (χ0v) is 20.3. The number of aromatic hydroxyl groups is 1. The lowest BCUT2D eigenvalue weighted by Crippen LogP contribution is -2.31. The average molecular weight is 482 g/mol. The van der Waals surface area contributed by atoms with Gasteiger partial charge >= 0.3 is 0 Å². The van der Waals surface area contributed by atoms with Crippen LogP contribution in [0.15, 0.2) is 36.4 Å². The van der Waals surface area contributed by atoms with Crippen molar-refractivity contribution in [2.24, 2.45) is 0 Å². The molecular weight excluding hydrogens is 460 g/mol. The number of phenolic OH excluding ortho intramolecular Hbond substituents is 1. The third-order valence-electron chi connectivity index (χ3n) is 7.27. The number of anilines is 1. The number of amides is 4. The first-order valence-electron chi connectivity index (χ1n) is 11.3. The van der Waals surface area contributed by atoms with Gasteiger partial charge in [-0.1, -0.05) is 12.1 Å². The summed E-state index contributed by atoms with van der Waals surface area (Å²) in [6.07, 6.45) is 0. The number of carbonyl (C=O) groups excluding carboxylic acids is 5. The standard InChI is InChI=1S/C28H22N2O6/c1-12-13(2)22(15(4)23(31)14(12)3)30-27(35)19-9-7-17(11-21(19)28(30)36)24(32)16-6-8-18-20(10-16)26(34)29(5)25(18)33/h6-11,31H,1-5H3. The first kappa shape index (κ1) is 23.2. The molecule has 2 heterocycles. The van der Waals surface area contributed by atoms with Gasteiger partial charge in [-0.2, -0.15) is 0 Å². The van der Waals surface area contributed by atoms with E-state index in [2.05, 4.69) is 0 Å². The molecule has 0 unspecified atom stereocenters. The highest BCUT2D eigenvalue weighted by Gasteiger charge is 2.40. The Hall–Kier alpha value is -4.59. The second-order valence-corrected chi connectivity index (χ2v) is 9.16. The van der Waals surface area contributed by atoms with Crippen LogP contribution >= 0.6 is 0 Å². The number of phenols is 1. The van der Waals surface area contributed by atoms with Gasteiger partial charge in [-0.15, -0.1) is 0 Å². The van der Waals surface area contributed by atoms with E-state index >= 15 is 0 Å². The first-order valence-corrected chi connectivity index (χ1v) is 11.3. The molecule has 0 aliphatic carbocycles. The maximum atomic E-state index is 13.4. The molecule has 3 aromatic carbocycles. The molecule has 0 fully saturated rings. The van der Waals surface area contributed by atoms with Crippen molar-refractivity contribution < 1.29 is 29.1 Å². The van der Waals surface area contributed by atoms with Gasteiger partial charge in [0.25, 0.3) is 23.6 Å². The minimum atomic E-state index is -0.588. The Labute approximate surface area is 206 Å². The summed E-state index contributed by atoms with van der Waals surface area (Å²) in [7, 11) is 1.37. The molecule has 0 bridgehead atoms. The fraction of sp³-hybridized carbons (Fsp3) is 0.179. The molecule has 0 atom stereocenters. The zero-order valence-electron chi connectivity index (χ0n) is 20.3. The quantitative estimate of drug-likeness (QED) is 0.448. The van der Waals surface area contributed by atoms with Crippen LogP contribution in [0.2, 0.25) is 0 Å². The number of hydrogen-bond acceptors (Lipinski definition) is 6. The van der Waals surface area contributed by atoms with Gasteiger partial charge < -0.3 is 5.11 Å². The number of rotatable bonds is 3. The monoisotopic (exact) mass is 482 g/mol. The Morgan fingerprint density at radius 2 is 1.11 bits per heavy atom. The van der Waals surface area contributed by atoms with Crippen LogP contribution < -0.4 is 4.90 Å². The smallest absolute Gasteiger partial charge is 0.266 e. The van der Waals surface area contributed by atoms with Gasteiger partial charge in [0, 0.05) is 23.7 Å². The van der Waals surface area contributed by atoms with E-state index in [0.29, 0.717) is 22.4 Å². The van der Waals surface area contributed by atoms with E-state index in [-0.39, 0.29) is 39.1 Å². The van der Waals surface area contributed by atoms with Crippen molar-refractivity contribution >= 4 is 35.1 Å². The van der Waals surface area contributed by atoms with Crippen molar-refractivity contribution in [3.8, 4) is 5.75 Å². The number of benzene rings is 3. The number of fused-ring (bicyclic) bond motifs is 2. The Balaban J connectivity index is 1.55. The molecule has 2 aliphatic rings. The van der Waals surface area contributed by atoms with E-state index in [9.17, 15) is 29.1 Å². The number of hydrogen-bond donors (Lipinski definition) is 1. The zero-order chi connectivity index (χ0) is 26.2. The van der Waals surface area contributed by atoms with E-state index in [1.165, 1.54) is 43.4 Å². The maximum Gasteiger partial charge on any atom is 0.266 e. The minimum Gasteiger partial charge on any atom is -0.507 e. The summed E-state index contributed by atoms with van der Waals surface area (Å²) in [6.45, 7) is 7.03. The lowest BCUT2D eigenvalue weighted by atomic mass is 9.96. The van der Waals surface area contributed by atoms with E-state index in [0.717, 1.165) is 15.4 Å². The minimum absolute atomic E-state index is 0.0239. The fourth-order valence-electron chi connectivity index (χ4n) is 4.90. The van der Waals surface area contributed by atoms with Crippen molar-refractivity contribution in [3.05, 3.63) is 92.0 Å². The molecular formula is C28H22N2O6. The number of carbonyl (C=O) groups is 5. The van der Waals surface area contributed by atoms with Gasteiger partial charge in [0.15, 0.2) is 5.78 Å². The van der Waals surface area contributed by atoms with Gasteiger partial charge in [-0.3, -0.25) is 28.9 Å². The Kier molecular flexibility index (Phi) is 4.96. The van der Waals surface area contributed by atoms with Crippen molar-refractivity contribution in [1.29, 1.82) is 0 Å². The molecule has 180 valence electrons. The van der Waals surface area contributed by atoms with Crippen molar-refractivity contribution in [2.75, 3.05) is 11.9 Å². The van der Waals surface area contributed by atoms with Crippen molar-refractivity contribution in [2.45, 2.75) is 27.7 Å². The highest BCUT2D eigenvalue weighted by Crippen LogP contribution is 2.40. The number of imide groups is 2. The molecule has 0 radical (unpaired) electrons. The van der Waals surface area contributed by atoms with Gasteiger partial charge in [0.05, 0.1) is 27.9 Å². The van der Waals surface area contributed by atoms with Crippen LogP contribution in [0, 0.1) is 27.7 Å². The third-order valence-corrected chi connectivity index (χ3v) is 7.27. The normalized spacial score (nSPS) is 14.6. The van der Waals surface area contributed by atoms with Crippen LogP contribution in [-0.2, 0) is 0 Å². The molecule has 0 saturated carbocycles. The molecule has 0 spiro atoms. The summed E-state index contributed by atoms with van der Waals surface area (Å²) < 4.78 is 0. The predicted molar refractivity (Wildman–Crippen MR) is 131 cm³/mol. The SMILES string of the molecule is Cc1c(C)c(O)c(C)c(N2C(=O)c3ccc(C(=O)c4ccc5c(c4)C(=O)N(C)C5=O)cc3C2=O)c1C. The Bertz CT molecular complexity index is 1570. The molecule has 0 aromatic heterocycles. The van der Waals surface area contributed by atoms with E-state index in [4.69, 9.17) is 0 Å². The van der Waals surface area contributed by atoms with Crippen molar-refractivity contribution in [3.63, 3.8) is 0 Å². The summed E-state index contributed by atoms with van der Waals surface area (Å²) in [5.74, 6) is -2.47. The summed E-state index contributed by atoms with van der Waals surface area (Å²) >= 11 is 0. The van der Waals surface area contributed by atoms with Gasteiger partial charge in [-0.05, 0) is 68.7 Å². The second-order valence-electron chi connectivity index (χ2n) is 9.16. The summed E-state index contributed by atoms with van der Waals surface area (Å²) in [4.78, 5) is 66.4. The highest BCUT2D eigenvalue weighted by molar-refractivity contribution is 6.35. The van der Waals surface area contributed by atoms with E-state index in [1.54, 1.807) is 20.8 Å². The third kappa shape index (κ3) is 2.97. The van der Waals surface area contributed by atoms with E-state index in [1.807, 2.05) is 6.92 Å². The van der Waals surface area contributed by atoms with Crippen LogP contribution in [0.5, 0.6) is 5.75 Å². The summed E-state index contributed by atoms with van der Waals surface area (Å²) in [5.41, 5.74) is 3.87. The molecule has 2 aliphatic heterocycles. The molecule has 5 rings (SSSR count). The number of nitrogens with zero attached hydrogens (tertiary/aromatic N) is 2. The largest absolute Gasteiger partial charge is 0.507 e. The Morgan fingerprint density at radius 1 is 0.639 bits per heavy atom. The summed E-state index contributed by atoms with van der Waals surface area (Å²) in [6, 6.07) is 8.54. The van der Waals surface area contributed by atoms with Crippen molar-refractivity contribution in [1.82, 2.24) is 4.90 Å². The number of ketones is 1. The topological polar surface area (TPSA) is 112 Å². The maximum absolute atomic E-state index is 13.4. The summed E-state index contributed by atoms with van der Waals surface area (Å²) in [5, 5.41) is 10.6. The molecule has 36 heavy (non-hydrogen) atoms. The van der Waals surface area contributed by atoms with E-state index < -0.39 is 29.4 Å².